The Morgan fingerprint density at radius 1 is 1.36 bits per heavy atom. The first-order valence-electron chi connectivity index (χ1n) is 7.96. The quantitative estimate of drug-likeness (QED) is 0.583. The predicted molar refractivity (Wildman–Crippen MR) is 90.3 cm³/mol. The predicted octanol–water partition coefficient (Wildman–Crippen LogP) is 2.99. The van der Waals surface area contributed by atoms with E-state index in [1.807, 2.05) is 19.9 Å². The lowest BCUT2D eigenvalue weighted by molar-refractivity contribution is -0.140. The smallest absolute Gasteiger partial charge is 0.340 e. The van der Waals surface area contributed by atoms with Crippen LogP contribution in [0.5, 0.6) is 5.75 Å². The maximum absolute atomic E-state index is 12.0. The van der Waals surface area contributed by atoms with E-state index in [9.17, 15) is 14.9 Å². The van der Waals surface area contributed by atoms with Crippen molar-refractivity contribution in [3.63, 3.8) is 0 Å². The molecule has 25 heavy (non-hydrogen) atoms. The molecule has 1 aromatic carbocycles. The van der Waals surface area contributed by atoms with Gasteiger partial charge >= 0.3 is 11.9 Å². The van der Waals surface area contributed by atoms with Gasteiger partial charge in [0.15, 0.2) is 0 Å². The molecule has 132 valence electrons. The van der Waals surface area contributed by atoms with Gasteiger partial charge in [-0.3, -0.25) is 4.79 Å². The molecule has 1 aliphatic heterocycles. The average molecular weight is 343 g/mol. The van der Waals surface area contributed by atoms with Crippen molar-refractivity contribution in [2.24, 2.45) is 0 Å². The Morgan fingerprint density at radius 3 is 2.68 bits per heavy atom. The van der Waals surface area contributed by atoms with E-state index in [2.05, 4.69) is 10.8 Å². The summed E-state index contributed by atoms with van der Waals surface area (Å²) in [4.78, 5) is 23.3. The van der Waals surface area contributed by atoms with Crippen LogP contribution in [0, 0.1) is 18.3 Å². The lowest BCUT2D eigenvalue weighted by Gasteiger charge is -2.15. The second kappa shape index (κ2) is 7.84. The van der Waals surface area contributed by atoms with Crippen LogP contribution in [0.25, 0.3) is 0 Å². The molecule has 1 aromatic rings. The van der Waals surface area contributed by atoms with Crippen molar-refractivity contribution in [2.75, 3.05) is 14.2 Å². The number of carbonyl (C=O) groups is 2. The molecule has 6 nitrogen and oxygen atoms in total. The van der Waals surface area contributed by atoms with Crippen LogP contribution in [-0.2, 0) is 27.3 Å². The fraction of sp³-hybridized carbons (Fsp3) is 0.421. The Labute approximate surface area is 147 Å². The van der Waals surface area contributed by atoms with Crippen LogP contribution in [-0.4, -0.2) is 26.2 Å². The summed E-state index contributed by atoms with van der Waals surface area (Å²) in [6.45, 7) is 3.94. The SMILES string of the molecule is COC(=O)CCC(C)=CCc1c(C#N)c2c(c(C)c1OC)COC2=O. The fourth-order valence-corrected chi connectivity index (χ4v) is 2.96. The van der Waals surface area contributed by atoms with E-state index in [0.29, 0.717) is 47.3 Å². The van der Waals surface area contributed by atoms with Gasteiger partial charge in [0.25, 0.3) is 0 Å². The van der Waals surface area contributed by atoms with Gasteiger partial charge in [-0.1, -0.05) is 11.6 Å². The topological polar surface area (TPSA) is 85.6 Å². The van der Waals surface area contributed by atoms with Gasteiger partial charge in [-0.2, -0.15) is 5.26 Å². The molecule has 0 N–H and O–H groups in total. The van der Waals surface area contributed by atoms with Crippen LogP contribution < -0.4 is 4.74 Å². The summed E-state index contributed by atoms with van der Waals surface area (Å²) >= 11 is 0. The standard InChI is InChI=1S/C19H21NO5/c1-11(6-8-16(21)23-3)5-7-13-14(9-20)17-15(10-25-19(17)22)12(2)18(13)24-4/h5H,6-8,10H2,1-4H3. The Balaban J connectivity index is 2.39. The molecule has 0 atom stereocenters. The van der Waals surface area contributed by atoms with E-state index in [0.717, 1.165) is 11.1 Å². The summed E-state index contributed by atoms with van der Waals surface area (Å²) in [7, 11) is 2.91. The Kier molecular flexibility index (Phi) is 5.81. The molecule has 6 heteroatoms. The van der Waals surface area contributed by atoms with Crippen LogP contribution in [0.2, 0.25) is 0 Å². The highest BCUT2D eigenvalue weighted by Crippen LogP contribution is 2.37. The minimum absolute atomic E-state index is 0.166. The molecule has 0 bridgehead atoms. The number of hydrogen-bond donors (Lipinski definition) is 0. The third kappa shape index (κ3) is 3.66. The molecule has 0 spiro atoms. The molecular formula is C19H21NO5. The first kappa shape index (κ1) is 18.5. The number of benzene rings is 1. The van der Waals surface area contributed by atoms with E-state index >= 15 is 0 Å². The Bertz CT molecular complexity index is 786. The molecule has 0 aliphatic carbocycles. The van der Waals surface area contributed by atoms with E-state index in [1.54, 1.807) is 7.11 Å². The van der Waals surface area contributed by atoms with Gasteiger partial charge in [0, 0.05) is 17.5 Å². The van der Waals surface area contributed by atoms with Crippen LogP contribution in [0.4, 0.5) is 0 Å². The second-order valence-electron chi connectivity index (χ2n) is 5.88. The molecule has 0 aromatic heterocycles. The summed E-state index contributed by atoms with van der Waals surface area (Å²) in [5, 5.41) is 9.59. The van der Waals surface area contributed by atoms with E-state index in [-0.39, 0.29) is 12.6 Å². The maximum atomic E-state index is 12.0. The highest BCUT2D eigenvalue weighted by Gasteiger charge is 2.31. The van der Waals surface area contributed by atoms with Gasteiger partial charge in [-0.05, 0) is 32.3 Å². The third-order valence-electron chi connectivity index (χ3n) is 4.39. The van der Waals surface area contributed by atoms with Crippen molar-refractivity contribution >= 4 is 11.9 Å². The van der Waals surface area contributed by atoms with Crippen molar-refractivity contribution in [3.05, 3.63) is 39.5 Å². The zero-order valence-electron chi connectivity index (χ0n) is 14.9. The number of rotatable bonds is 6. The molecule has 1 aliphatic rings. The average Bonchev–Trinajstić information content (AvgIpc) is 3.00. The van der Waals surface area contributed by atoms with Gasteiger partial charge in [-0.25, -0.2) is 4.79 Å². The Morgan fingerprint density at radius 2 is 2.08 bits per heavy atom. The number of carbonyl (C=O) groups excluding carboxylic acids is 2. The number of nitriles is 1. The molecule has 0 radical (unpaired) electrons. The summed E-state index contributed by atoms with van der Waals surface area (Å²) in [6, 6.07) is 2.13. The van der Waals surface area contributed by atoms with E-state index < -0.39 is 5.97 Å². The monoisotopic (exact) mass is 343 g/mol. The lowest BCUT2D eigenvalue weighted by atomic mass is 9.90. The highest BCUT2D eigenvalue weighted by molar-refractivity contribution is 5.97. The first-order valence-corrected chi connectivity index (χ1v) is 7.96. The fourth-order valence-electron chi connectivity index (χ4n) is 2.96. The molecule has 0 saturated heterocycles. The number of allylic oxidation sites excluding steroid dienone is 2. The Hall–Kier alpha value is -2.81. The van der Waals surface area contributed by atoms with Crippen LogP contribution in [0.15, 0.2) is 11.6 Å². The minimum atomic E-state index is -0.468. The van der Waals surface area contributed by atoms with E-state index in [1.165, 1.54) is 7.11 Å². The number of nitrogens with zero attached hydrogens (tertiary/aromatic N) is 1. The summed E-state index contributed by atoms with van der Waals surface area (Å²) in [6.07, 6.45) is 3.24. The van der Waals surface area contributed by atoms with Crippen LogP contribution in [0.1, 0.15) is 52.4 Å². The van der Waals surface area contributed by atoms with Gasteiger partial charge < -0.3 is 14.2 Å². The molecule has 0 fully saturated rings. The van der Waals surface area contributed by atoms with Crippen molar-refractivity contribution < 1.29 is 23.8 Å². The number of hydrogen-bond acceptors (Lipinski definition) is 6. The van der Waals surface area contributed by atoms with Crippen molar-refractivity contribution in [2.45, 2.75) is 39.7 Å². The van der Waals surface area contributed by atoms with Gasteiger partial charge in [-0.15, -0.1) is 0 Å². The molecule has 0 amide bonds. The summed E-state index contributed by atoms with van der Waals surface area (Å²) in [5.41, 5.74) is 3.84. The second-order valence-corrected chi connectivity index (χ2v) is 5.88. The largest absolute Gasteiger partial charge is 0.496 e. The lowest BCUT2D eigenvalue weighted by Crippen LogP contribution is -2.07. The van der Waals surface area contributed by atoms with Crippen molar-refractivity contribution in [1.82, 2.24) is 0 Å². The van der Waals surface area contributed by atoms with Crippen LogP contribution in [0.3, 0.4) is 0 Å². The summed E-state index contributed by atoms with van der Waals surface area (Å²) < 4.78 is 15.2. The number of ether oxygens (including phenoxy) is 3. The zero-order chi connectivity index (χ0) is 18.6. The molecule has 0 saturated carbocycles. The van der Waals surface area contributed by atoms with Gasteiger partial charge in [0.2, 0.25) is 0 Å². The first-order chi connectivity index (χ1) is 11.9. The number of methoxy groups -OCH3 is 2. The normalized spacial score (nSPS) is 13.1. The summed E-state index contributed by atoms with van der Waals surface area (Å²) in [5.74, 6) is -0.130. The number of fused-ring (bicyclic) bond motifs is 1. The molecule has 2 rings (SSSR count). The highest BCUT2D eigenvalue weighted by atomic mass is 16.5. The molecular weight excluding hydrogens is 322 g/mol. The van der Waals surface area contributed by atoms with Crippen molar-refractivity contribution in [3.8, 4) is 11.8 Å². The number of cyclic esters (lactones) is 1. The van der Waals surface area contributed by atoms with E-state index in [4.69, 9.17) is 9.47 Å². The zero-order valence-corrected chi connectivity index (χ0v) is 14.9. The minimum Gasteiger partial charge on any atom is -0.496 e. The maximum Gasteiger partial charge on any atom is 0.340 e. The molecule has 1 heterocycles. The van der Waals surface area contributed by atoms with Gasteiger partial charge in [0.05, 0.1) is 25.3 Å². The van der Waals surface area contributed by atoms with Crippen molar-refractivity contribution in [1.29, 1.82) is 5.26 Å². The van der Waals surface area contributed by atoms with Gasteiger partial charge in [0.1, 0.15) is 18.4 Å². The molecule has 0 unspecified atom stereocenters. The number of esters is 2. The van der Waals surface area contributed by atoms with Crippen LogP contribution >= 0.6 is 0 Å². The third-order valence-corrected chi connectivity index (χ3v) is 4.39.